The number of rotatable bonds is 5. The lowest BCUT2D eigenvalue weighted by Gasteiger charge is -2.14. The first-order valence-corrected chi connectivity index (χ1v) is 7.67. The molecular weight excluding hydrogens is 260 g/mol. The molecule has 0 spiro atoms. The Balaban J connectivity index is 2.30. The normalized spacial score (nSPS) is 12.4. The summed E-state index contributed by atoms with van der Waals surface area (Å²) in [6, 6.07) is 7.63. The molecule has 3 nitrogen and oxygen atoms in total. The number of benzene rings is 1. The van der Waals surface area contributed by atoms with E-state index >= 15 is 0 Å². The van der Waals surface area contributed by atoms with Crippen molar-refractivity contribution >= 4 is 5.78 Å². The van der Waals surface area contributed by atoms with E-state index in [0.717, 1.165) is 29.8 Å². The first-order valence-electron chi connectivity index (χ1n) is 7.67. The molecule has 2 aromatic rings. The number of aryl methyl sites for hydroxylation is 2. The summed E-state index contributed by atoms with van der Waals surface area (Å²) >= 11 is 0. The molecule has 0 saturated carbocycles. The van der Waals surface area contributed by atoms with Gasteiger partial charge in [-0.3, -0.25) is 9.48 Å². The topological polar surface area (TPSA) is 34.9 Å². The molecule has 0 amide bonds. The summed E-state index contributed by atoms with van der Waals surface area (Å²) in [7, 11) is 0. The van der Waals surface area contributed by atoms with Crippen molar-refractivity contribution in [2.24, 2.45) is 0 Å². The number of aromatic nitrogens is 2. The molecule has 2 rings (SSSR count). The first kappa shape index (κ1) is 15.5. The van der Waals surface area contributed by atoms with Crippen molar-refractivity contribution < 1.29 is 4.79 Å². The quantitative estimate of drug-likeness (QED) is 0.776. The van der Waals surface area contributed by atoms with Crippen LogP contribution in [0.4, 0.5) is 0 Å². The van der Waals surface area contributed by atoms with Gasteiger partial charge in [0.2, 0.25) is 0 Å². The van der Waals surface area contributed by atoms with Crippen LogP contribution in [0.5, 0.6) is 0 Å². The number of carbonyl (C=O) groups is 1. The Bertz CT molecular complexity index is 638. The van der Waals surface area contributed by atoms with Crippen LogP contribution in [-0.4, -0.2) is 15.6 Å². The highest BCUT2D eigenvalue weighted by Gasteiger charge is 2.21. The predicted octanol–water partition coefficient (Wildman–Crippen LogP) is 4.07. The Morgan fingerprint density at radius 1 is 1.14 bits per heavy atom. The zero-order valence-electron chi connectivity index (χ0n) is 13.6. The first-order chi connectivity index (χ1) is 9.99. The zero-order valence-corrected chi connectivity index (χ0v) is 13.6. The van der Waals surface area contributed by atoms with Gasteiger partial charge in [-0.1, -0.05) is 38.1 Å². The lowest BCUT2D eigenvalue weighted by atomic mass is 10.0. The number of carbonyl (C=O) groups excluding carboxylic acids is 1. The van der Waals surface area contributed by atoms with Gasteiger partial charge in [-0.2, -0.15) is 5.10 Å². The van der Waals surface area contributed by atoms with E-state index in [1.807, 2.05) is 49.7 Å². The van der Waals surface area contributed by atoms with Crippen molar-refractivity contribution in [3.63, 3.8) is 0 Å². The summed E-state index contributed by atoms with van der Waals surface area (Å²) in [4.78, 5) is 12.6. The molecule has 1 aromatic carbocycles. The molecule has 0 N–H and O–H groups in total. The highest BCUT2D eigenvalue weighted by atomic mass is 16.1. The Morgan fingerprint density at radius 2 is 1.76 bits per heavy atom. The molecule has 0 aliphatic carbocycles. The molecule has 112 valence electrons. The molecule has 1 atom stereocenters. The van der Waals surface area contributed by atoms with Gasteiger partial charge in [0.05, 0.1) is 5.69 Å². The van der Waals surface area contributed by atoms with Gasteiger partial charge < -0.3 is 0 Å². The van der Waals surface area contributed by atoms with Gasteiger partial charge in [0.15, 0.2) is 5.78 Å². The molecule has 0 aliphatic rings. The molecule has 1 aromatic heterocycles. The minimum Gasteiger partial charge on any atom is -0.292 e. The molecule has 0 saturated heterocycles. The van der Waals surface area contributed by atoms with Crippen molar-refractivity contribution in [2.75, 3.05) is 0 Å². The predicted molar refractivity (Wildman–Crippen MR) is 85.9 cm³/mol. The standard InChI is InChI=1S/C18H24N2O/c1-6-15-8-10-16(11-9-15)18(21)14(5)20-13(4)17(7-2)12(3)19-20/h8-11,14H,6-7H2,1-5H3. The number of hydrogen-bond acceptors (Lipinski definition) is 2. The average Bonchev–Trinajstić information content (AvgIpc) is 2.80. The second-order valence-corrected chi connectivity index (χ2v) is 5.54. The fourth-order valence-electron chi connectivity index (χ4n) is 2.84. The van der Waals surface area contributed by atoms with Gasteiger partial charge in [-0.25, -0.2) is 0 Å². The highest BCUT2D eigenvalue weighted by molar-refractivity contribution is 5.98. The van der Waals surface area contributed by atoms with Crippen LogP contribution in [0.25, 0.3) is 0 Å². The van der Waals surface area contributed by atoms with Crippen LogP contribution in [0.3, 0.4) is 0 Å². The lowest BCUT2D eigenvalue weighted by molar-refractivity contribution is 0.0926. The van der Waals surface area contributed by atoms with Crippen LogP contribution in [0, 0.1) is 13.8 Å². The number of nitrogens with zero attached hydrogens (tertiary/aromatic N) is 2. The van der Waals surface area contributed by atoms with Gasteiger partial charge in [0, 0.05) is 11.3 Å². The van der Waals surface area contributed by atoms with Gasteiger partial charge in [0.1, 0.15) is 6.04 Å². The fraction of sp³-hybridized carbons (Fsp3) is 0.444. The van der Waals surface area contributed by atoms with E-state index in [-0.39, 0.29) is 11.8 Å². The molecule has 1 unspecified atom stereocenters. The average molecular weight is 284 g/mol. The van der Waals surface area contributed by atoms with Crippen molar-refractivity contribution in [2.45, 2.75) is 53.5 Å². The molecule has 0 radical (unpaired) electrons. The van der Waals surface area contributed by atoms with Crippen molar-refractivity contribution in [1.82, 2.24) is 9.78 Å². The van der Waals surface area contributed by atoms with Gasteiger partial charge in [-0.05, 0) is 44.7 Å². The third-order valence-corrected chi connectivity index (χ3v) is 4.22. The van der Waals surface area contributed by atoms with Crippen LogP contribution in [0.15, 0.2) is 24.3 Å². The second kappa shape index (κ2) is 6.25. The molecule has 3 heteroatoms. The smallest absolute Gasteiger partial charge is 0.187 e. The van der Waals surface area contributed by atoms with Crippen LogP contribution in [0.2, 0.25) is 0 Å². The van der Waals surface area contributed by atoms with E-state index in [1.165, 1.54) is 11.1 Å². The van der Waals surface area contributed by atoms with Crippen molar-refractivity contribution in [3.8, 4) is 0 Å². The van der Waals surface area contributed by atoms with E-state index in [2.05, 4.69) is 18.9 Å². The Morgan fingerprint density at radius 3 is 2.24 bits per heavy atom. The van der Waals surface area contributed by atoms with Crippen LogP contribution in [-0.2, 0) is 12.8 Å². The monoisotopic (exact) mass is 284 g/mol. The summed E-state index contributed by atoms with van der Waals surface area (Å²) in [6.45, 7) is 10.2. The Hall–Kier alpha value is -1.90. The molecular formula is C18H24N2O. The van der Waals surface area contributed by atoms with E-state index < -0.39 is 0 Å². The van der Waals surface area contributed by atoms with E-state index in [4.69, 9.17) is 0 Å². The molecule has 0 aliphatic heterocycles. The van der Waals surface area contributed by atoms with E-state index in [1.54, 1.807) is 0 Å². The van der Waals surface area contributed by atoms with Crippen LogP contribution in [0.1, 0.15) is 59.7 Å². The SMILES string of the molecule is CCc1ccc(C(=O)C(C)n2nc(C)c(CC)c2C)cc1. The van der Waals surface area contributed by atoms with E-state index in [0.29, 0.717) is 0 Å². The minimum absolute atomic E-state index is 0.117. The molecule has 0 fully saturated rings. The molecule has 0 bridgehead atoms. The number of ketones is 1. The molecule has 1 heterocycles. The van der Waals surface area contributed by atoms with Crippen molar-refractivity contribution in [3.05, 3.63) is 52.3 Å². The summed E-state index contributed by atoms with van der Waals surface area (Å²) in [5, 5.41) is 4.56. The third-order valence-electron chi connectivity index (χ3n) is 4.22. The zero-order chi connectivity index (χ0) is 15.6. The molecule has 21 heavy (non-hydrogen) atoms. The number of hydrogen-bond donors (Lipinski definition) is 0. The van der Waals surface area contributed by atoms with Crippen LogP contribution >= 0.6 is 0 Å². The maximum Gasteiger partial charge on any atom is 0.187 e. The largest absolute Gasteiger partial charge is 0.292 e. The maximum absolute atomic E-state index is 12.6. The van der Waals surface area contributed by atoms with Crippen LogP contribution < -0.4 is 0 Å². The number of Topliss-reactive ketones (excluding diaryl/α,β-unsaturated/α-hetero) is 1. The lowest BCUT2D eigenvalue weighted by Crippen LogP contribution is -2.19. The Kier molecular flexibility index (Phi) is 4.61. The van der Waals surface area contributed by atoms with Gasteiger partial charge in [-0.15, -0.1) is 0 Å². The van der Waals surface area contributed by atoms with Gasteiger partial charge in [0.25, 0.3) is 0 Å². The third kappa shape index (κ3) is 2.92. The Labute approximate surface area is 127 Å². The van der Waals surface area contributed by atoms with Crippen molar-refractivity contribution in [1.29, 1.82) is 0 Å². The van der Waals surface area contributed by atoms with Gasteiger partial charge >= 0.3 is 0 Å². The summed E-state index contributed by atoms with van der Waals surface area (Å²) in [5.74, 6) is 0.117. The summed E-state index contributed by atoms with van der Waals surface area (Å²) in [6.07, 6.45) is 1.94. The maximum atomic E-state index is 12.6. The summed E-state index contributed by atoms with van der Waals surface area (Å²) < 4.78 is 1.87. The minimum atomic E-state index is -0.267. The second-order valence-electron chi connectivity index (χ2n) is 5.54. The fourth-order valence-corrected chi connectivity index (χ4v) is 2.84. The summed E-state index contributed by atoms with van der Waals surface area (Å²) in [5.41, 5.74) is 5.37. The highest BCUT2D eigenvalue weighted by Crippen LogP contribution is 2.21. The van der Waals surface area contributed by atoms with E-state index in [9.17, 15) is 4.79 Å².